The van der Waals surface area contributed by atoms with E-state index in [-0.39, 0.29) is 35.8 Å². The summed E-state index contributed by atoms with van der Waals surface area (Å²) in [5.41, 5.74) is 3.77. The molecule has 2 rings (SSSR count). The highest BCUT2D eigenvalue weighted by molar-refractivity contribution is 5.93. The number of hydrogen-bond donors (Lipinski definition) is 2. The summed E-state index contributed by atoms with van der Waals surface area (Å²) in [5, 5.41) is 17.5. The number of ether oxygens (including phenoxy) is 2. The molecule has 0 aliphatic rings. The predicted molar refractivity (Wildman–Crippen MR) is 125 cm³/mol. The monoisotopic (exact) mass is 486 g/mol. The van der Waals surface area contributed by atoms with E-state index in [0.717, 1.165) is 0 Å². The fourth-order valence-electron chi connectivity index (χ4n) is 2.84. The van der Waals surface area contributed by atoms with Crippen LogP contribution in [0.4, 0.5) is 22.7 Å². The van der Waals surface area contributed by atoms with Crippen molar-refractivity contribution in [3.05, 3.63) is 48.0 Å². The quantitative estimate of drug-likeness (QED) is 0.196. The molecule has 0 radical (unpaired) electrons. The Hall–Kier alpha value is -4.48. The van der Waals surface area contributed by atoms with E-state index in [1.807, 2.05) is 0 Å². The van der Waals surface area contributed by atoms with Gasteiger partial charge in [0.15, 0.2) is 0 Å². The molecule has 0 amide bonds. The Balaban J connectivity index is 2.36. The second-order valence-corrected chi connectivity index (χ2v) is 7.09. The second kappa shape index (κ2) is 13.3. The summed E-state index contributed by atoms with van der Waals surface area (Å²) in [7, 11) is 0. The number of esters is 2. The molecule has 0 bridgehead atoms. The smallest absolute Gasteiger partial charge is 0.337 e. The van der Waals surface area contributed by atoms with Crippen LogP contribution in [0, 0.1) is 0 Å². The number of nitrogens with one attached hydrogen (secondary N) is 1. The van der Waals surface area contributed by atoms with Crippen LogP contribution < -0.4 is 10.4 Å². The summed E-state index contributed by atoms with van der Waals surface area (Å²) >= 11 is 0. The van der Waals surface area contributed by atoms with Crippen molar-refractivity contribution >= 4 is 46.6 Å². The Morgan fingerprint density at radius 3 is 2.03 bits per heavy atom. The van der Waals surface area contributed by atoms with E-state index in [9.17, 15) is 24.3 Å². The average molecular weight is 486 g/mol. The summed E-state index contributed by atoms with van der Waals surface area (Å²) in [6, 6.07) is 11.0. The van der Waals surface area contributed by atoms with Gasteiger partial charge in [0.05, 0.1) is 18.7 Å². The number of hydrogen-bond acceptors (Lipinski definition) is 11. The fourth-order valence-corrected chi connectivity index (χ4v) is 2.84. The number of rotatable bonds is 12. The number of carboxylic acids is 1. The van der Waals surface area contributed by atoms with Crippen molar-refractivity contribution in [1.82, 2.24) is 0 Å². The Morgan fingerprint density at radius 1 is 0.857 bits per heavy atom. The van der Waals surface area contributed by atoms with Gasteiger partial charge in [0.2, 0.25) is 0 Å². The molecule has 0 aliphatic carbocycles. The average Bonchev–Trinajstić information content (AvgIpc) is 2.80. The van der Waals surface area contributed by atoms with Crippen LogP contribution in [-0.4, -0.2) is 55.3 Å². The largest absolute Gasteiger partial charge is 0.478 e. The van der Waals surface area contributed by atoms with Crippen LogP contribution in [0.25, 0.3) is 0 Å². The van der Waals surface area contributed by atoms with E-state index < -0.39 is 23.9 Å². The summed E-state index contributed by atoms with van der Waals surface area (Å²) in [4.78, 5) is 51.7. The molecule has 0 saturated carbocycles. The van der Waals surface area contributed by atoms with Crippen molar-refractivity contribution in [3.8, 4) is 0 Å². The molecule has 12 heteroatoms. The summed E-state index contributed by atoms with van der Waals surface area (Å²) < 4.78 is 10.0. The molecular formula is C23H26N4O8. The van der Waals surface area contributed by atoms with Crippen molar-refractivity contribution < 1.29 is 38.6 Å². The van der Waals surface area contributed by atoms with Gasteiger partial charge < -0.3 is 24.3 Å². The minimum atomic E-state index is -1.15. The van der Waals surface area contributed by atoms with Gasteiger partial charge in [-0.25, -0.2) is 10.3 Å². The van der Waals surface area contributed by atoms with Crippen molar-refractivity contribution in [2.24, 2.45) is 10.2 Å². The second-order valence-electron chi connectivity index (χ2n) is 7.09. The van der Waals surface area contributed by atoms with Gasteiger partial charge in [-0.1, -0.05) is 12.1 Å². The molecule has 2 aromatic rings. The SMILES string of the molecule is CC(=O)OCCN(CCOC(C)=O)c1ccc(N=Nc2ccccc2C(=O)O)c(NOC(C)=O)c1. The third kappa shape index (κ3) is 9.12. The third-order valence-corrected chi connectivity index (χ3v) is 4.38. The molecule has 35 heavy (non-hydrogen) atoms. The molecule has 0 unspecified atom stereocenters. The van der Waals surface area contributed by atoms with Gasteiger partial charge >= 0.3 is 23.9 Å². The molecule has 186 valence electrons. The normalized spacial score (nSPS) is 10.5. The topological polar surface area (TPSA) is 156 Å². The summed E-state index contributed by atoms with van der Waals surface area (Å²) in [6.45, 7) is 4.58. The van der Waals surface area contributed by atoms with E-state index in [2.05, 4.69) is 15.7 Å². The first-order valence-corrected chi connectivity index (χ1v) is 10.5. The van der Waals surface area contributed by atoms with Crippen LogP contribution in [0.3, 0.4) is 0 Å². The number of aromatic carboxylic acids is 1. The number of nitrogens with zero attached hydrogens (tertiary/aromatic N) is 3. The Labute approximate surface area is 201 Å². The van der Waals surface area contributed by atoms with Crippen molar-refractivity contribution in [1.29, 1.82) is 0 Å². The summed E-state index contributed by atoms with van der Waals surface area (Å²) in [5.74, 6) is -2.61. The number of carbonyl (C=O) groups excluding carboxylic acids is 3. The Morgan fingerprint density at radius 2 is 1.46 bits per heavy atom. The van der Waals surface area contributed by atoms with Gasteiger partial charge in [-0.15, -0.1) is 10.2 Å². The number of azo groups is 1. The zero-order valence-corrected chi connectivity index (χ0v) is 19.5. The molecule has 0 spiro atoms. The molecule has 12 nitrogen and oxygen atoms in total. The van der Waals surface area contributed by atoms with E-state index in [1.54, 1.807) is 35.2 Å². The van der Waals surface area contributed by atoms with E-state index in [0.29, 0.717) is 18.8 Å². The first-order valence-electron chi connectivity index (χ1n) is 10.5. The zero-order chi connectivity index (χ0) is 25.8. The van der Waals surface area contributed by atoms with Gasteiger partial charge in [-0.2, -0.15) is 0 Å². The standard InChI is InChI=1S/C23H26N4O8/c1-15(28)33-12-10-27(11-13-34-16(2)29)18-8-9-21(22(14-18)26-35-17(3)30)25-24-20-7-5-4-6-19(20)23(31)32/h4-9,14,26H,10-13H2,1-3H3,(H,31,32). The number of benzene rings is 2. The van der Waals surface area contributed by atoms with Gasteiger partial charge in [0.1, 0.15) is 30.3 Å². The molecule has 0 heterocycles. The van der Waals surface area contributed by atoms with E-state index >= 15 is 0 Å². The molecule has 2 N–H and O–H groups in total. The van der Waals surface area contributed by atoms with Crippen molar-refractivity contribution in [3.63, 3.8) is 0 Å². The highest BCUT2D eigenvalue weighted by Crippen LogP contribution is 2.32. The zero-order valence-electron chi connectivity index (χ0n) is 19.5. The van der Waals surface area contributed by atoms with Crippen LogP contribution in [0.1, 0.15) is 31.1 Å². The van der Waals surface area contributed by atoms with E-state index in [1.165, 1.54) is 32.9 Å². The van der Waals surface area contributed by atoms with Gasteiger partial charge in [0, 0.05) is 26.5 Å². The van der Waals surface area contributed by atoms with Crippen LogP contribution in [0.5, 0.6) is 0 Å². The number of carbonyl (C=O) groups is 4. The highest BCUT2D eigenvalue weighted by atomic mass is 16.7. The molecule has 2 aromatic carbocycles. The maximum Gasteiger partial charge on any atom is 0.337 e. The minimum absolute atomic E-state index is 0.0236. The lowest BCUT2D eigenvalue weighted by molar-refractivity contribution is -0.141. The molecule has 0 atom stereocenters. The predicted octanol–water partition coefficient (Wildman–Crippen LogP) is 3.62. The summed E-state index contributed by atoms with van der Waals surface area (Å²) in [6.07, 6.45) is 0. The maximum absolute atomic E-state index is 11.4. The molecule has 0 fully saturated rings. The molecule has 0 aliphatic heterocycles. The van der Waals surface area contributed by atoms with Gasteiger partial charge in [0.25, 0.3) is 0 Å². The lowest BCUT2D eigenvalue weighted by atomic mass is 10.2. The lowest BCUT2D eigenvalue weighted by Gasteiger charge is -2.25. The molecule has 0 saturated heterocycles. The van der Waals surface area contributed by atoms with Crippen LogP contribution in [-0.2, 0) is 28.7 Å². The number of anilines is 2. The van der Waals surface area contributed by atoms with Gasteiger partial charge in [-0.05, 0) is 30.3 Å². The fraction of sp³-hybridized carbons (Fsp3) is 0.304. The van der Waals surface area contributed by atoms with Gasteiger partial charge in [-0.3, -0.25) is 14.4 Å². The Bertz CT molecular complexity index is 1080. The highest BCUT2D eigenvalue weighted by Gasteiger charge is 2.14. The molecule has 0 aromatic heterocycles. The minimum Gasteiger partial charge on any atom is -0.478 e. The van der Waals surface area contributed by atoms with Crippen LogP contribution in [0.15, 0.2) is 52.7 Å². The van der Waals surface area contributed by atoms with E-state index in [4.69, 9.17) is 14.3 Å². The first-order chi connectivity index (χ1) is 16.7. The third-order valence-electron chi connectivity index (χ3n) is 4.38. The maximum atomic E-state index is 11.4. The first kappa shape index (κ1) is 26.8. The molecular weight excluding hydrogens is 460 g/mol. The van der Waals surface area contributed by atoms with Crippen LogP contribution >= 0.6 is 0 Å². The van der Waals surface area contributed by atoms with Crippen molar-refractivity contribution in [2.45, 2.75) is 20.8 Å². The lowest BCUT2D eigenvalue weighted by Crippen LogP contribution is -2.32. The number of carboxylic acid groups (broad SMARTS) is 1. The Kier molecular flexibility index (Phi) is 10.2. The van der Waals surface area contributed by atoms with Crippen LogP contribution in [0.2, 0.25) is 0 Å². The van der Waals surface area contributed by atoms with Crippen molar-refractivity contribution in [2.75, 3.05) is 36.7 Å².